The molecule has 10 heteroatoms. The number of thioether (sulfide) groups is 1. The number of benzene rings is 3. The van der Waals surface area contributed by atoms with Gasteiger partial charge in [0.05, 0.1) is 17.2 Å². The van der Waals surface area contributed by atoms with Gasteiger partial charge in [-0.1, -0.05) is 65.4 Å². The average molecular weight is 574 g/mol. The van der Waals surface area contributed by atoms with Crippen molar-refractivity contribution in [2.24, 2.45) is 0 Å². The number of rotatable bonds is 8. The fourth-order valence-electron chi connectivity index (χ4n) is 3.58. The van der Waals surface area contributed by atoms with Gasteiger partial charge in [0, 0.05) is 15.7 Å². The normalized spacial score (nSPS) is 14.3. The van der Waals surface area contributed by atoms with Crippen LogP contribution in [0, 0.1) is 6.92 Å². The van der Waals surface area contributed by atoms with E-state index >= 15 is 0 Å². The topological polar surface area (TPSA) is 67.9 Å². The summed E-state index contributed by atoms with van der Waals surface area (Å²) in [5, 5.41) is 3.52. The minimum Gasteiger partial charge on any atom is -0.490 e. The van der Waals surface area contributed by atoms with Crippen LogP contribution in [0.4, 0.5) is 11.4 Å². The number of aryl methyl sites for hydroxylation is 1. The Morgan fingerprint density at radius 1 is 1.05 bits per heavy atom. The minimum absolute atomic E-state index is 0.184. The van der Waals surface area contributed by atoms with Gasteiger partial charge >= 0.3 is 0 Å². The van der Waals surface area contributed by atoms with Gasteiger partial charge in [-0.3, -0.25) is 14.5 Å². The molecule has 3 aromatic rings. The van der Waals surface area contributed by atoms with E-state index in [1.165, 1.54) is 16.7 Å². The lowest BCUT2D eigenvalue weighted by Crippen LogP contribution is -2.27. The quantitative estimate of drug-likeness (QED) is 0.229. The second kappa shape index (κ2) is 12.0. The Bertz CT molecular complexity index is 1390. The van der Waals surface area contributed by atoms with Crippen LogP contribution in [0.3, 0.4) is 0 Å². The number of amides is 2. The molecule has 1 N–H and O–H groups in total. The number of ether oxygens (including phenoxy) is 2. The highest BCUT2D eigenvalue weighted by molar-refractivity contribution is 8.27. The van der Waals surface area contributed by atoms with Crippen molar-refractivity contribution in [2.45, 2.75) is 13.8 Å². The monoisotopic (exact) mass is 572 g/mol. The molecule has 190 valence electrons. The van der Waals surface area contributed by atoms with Crippen LogP contribution in [-0.4, -0.2) is 29.3 Å². The van der Waals surface area contributed by atoms with E-state index in [4.69, 9.17) is 44.9 Å². The van der Waals surface area contributed by atoms with Gasteiger partial charge in [0.1, 0.15) is 0 Å². The molecule has 4 rings (SSSR count). The third kappa shape index (κ3) is 6.84. The summed E-state index contributed by atoms with van der Waals surface area (Å²) in [5.41, 5.74) is 2.98. The number of halogens is 2. The van der Waals surface area contributed by atoms with Gasteiger partial charge in [-0.15, -0.1) is 0 Å². The van der Waals surface area contributed by atoms with Crippen molar-refractivity contribution in [1.82, 2.24) is 0 Å². The lowest BCUT2D eigenvalue weighted by molar-refractivity contribution is -0.118. The molecule has 0 atom stereocenters. The van der Waals surface area contributed by atoms with Gasteiger partial charge in [-0.2, -0.15) is 0 Å². The predicted molar refractivity (Wildman–Crippen MR) is 155 cm³/mol. The van der Waals surface area contributed by atoms with Gasteiger partial charge < -0.3 is 14.8 Å². The Morgan fingerprint density at radius 3 is 2.51 bits per heavy atom. The molecule has 2 amide bonds. The summed E-state index contributed by atoms with van der Waals surface area (Å²) in [6.45, 7) is 3.95. The van der Waals surface area contributed by atoms with E-state index in [0.717, 1.165) is 16.8 Å². The van der Waals surface area contributed by atoms with E-state index in [-0.39, 0.29) is 18.4 Å². The summed E-state index contributed by atoms with van der Waals surface area (Å²) < 4.78 is 11.9. The second-order valence-corrected chi connectivity index (χ2v) is 10.5. The summed E-state index contributed by atoms with van der Waals surface area (Å²) >= 11 is 18.7. The van der Waals surface area contributed by atoms with Crippen LogP contribution in [0.5, 0.6) is 11.5 Å². The molecule has 0 spiro atoms. The first-order valence-electron chi connectivity index (χ1n) is 11.2. The maximum Gasteiger partial charge on any atom is 0.270 e. The Hall–Kier alpha value is -3.04. The SMILES string of the molecule is CCOc1cc(/C=C2\SC(=S)N(c3cccc(C)c3)C2=O)ccc1OCC(=O)Nc1cc(Cl)cc(Cl)c1. The number of nitrogens with zero attached hydrogens (tertiary/aromatic N) is 1. The Labute approximate surface area is 234 Å². The number of thiocarbonyl (C=S) groups is 1. The van der Waals surface area contributed by atoms with Gasteiger partial charge in [0.25, 0.3) is 11.8 Å². The second-order valence-electron chi connectivity index (χ2n) is 7.99. The molecule has 37 heavy (non-hydrogen) atoms. The smallest absolute Gasteiger partial charge is 0.270 e. The fraction of sp³-hybridized carbons (Fsp3) is 0.148. The number of anilines is 2. The molecule has 1 heterocycles. The lowest BCUT2D eigenvalue weighted by Gasteiger charge is -2.15. The van der Waals surface area contributed by atoms with Crippen molar-refractivity contribution >= 4 is 80.8 Å². The molecule has 1 saturated heterocycles. The van der Waals surface area contributed by atoms with E-state index in [0.29, 0.717) is 43.1 Å². The number of nitrogens with one attached hydrogen (secondary N) is 1. The van der Waals surface area contributed by atoms with Gasteiger partial charge in [0.2, 0.25) is 0 Å². The van der Waals surface area contributed by atoms with E-state index < -0.39 is 0 Å². The molecule has 0 unspecified atom stereocenters. The molecular formula is C27H22Cl2N2O4S2. The molecule has 0 bridgehead atoms. The maximum absolute atomic E-state index is 13.1. The molecular weight excluding hydrogens is 551 g/mol. The van der Waals surface area contributed by atoms with Crippen molar-refractivity contribution < 1.29 is 19.1 Å². The van der Waals surface area contributed by atoms with Crippen molar-refractivity contribution in [3.63, 3.8) is 0 Å². The number of hydrogen-bond donors (Lipinski definition) is 1. The molecule has 1 aliphatic heterocycles. The first-order chi connectivity index (χ1) is 17.7. The number of hydrogen-bond acceptors (Lipinski definition) is 6. The maximum atomic E-state index is 13.1. The Kier molecular flexibility index (Phi) is 8.76. The molecule has 1 fully saturated rings. The Morgan fingerprint density at radius 2 is 1.81 bits per heavy atom. The zero-order valence-electron chi connectivity index (χ0n) is 19.9. The summed E-state index contributed by atoms with van der Waals surface area (Å²) in [5.74, 6) is 0.274. The van der Waals surface area contributed by atoms with E-state index in [1.807, 2.05) is 38.1 Å². The predicted octanol–water partition coefficient (Wildman–Crippen LogP) is 7.12. The van der Waals surface area contributed by atoms with Crippen LogP contribution in [0.25, 0.3) is 6.08 Å². The third-order valence-electron chi connectivity index (χ3n) is 5.12. The van der Waals surface area contributed by atoms with Crippen molar-refractivity contribution in [3.8, 4) is 11.5 Å². The summed E-state index contributed by atoms with van der Waals surface area (Å²) in [6, 6.07) is 17.6. The standard InChI is InChI=1S/C27H22Cl2N2O4S2/c1-3-34-23-10-17(11-24-26(33)31(27(36)37-24)21-6-4-5-16(2)9-21)7-8-22(23)35-15-25(32)30-20-13-18(28)12-19(29)14-20/h4-14H,3,15H2,1-2H3,(H,30,32)/b24-11-. The highest BCUT2D eigenvalue weighted by Crippen LogP contribution is 2.37. The number of carbonyl (C=O) groups is 2. The summed E-state index contributed by atoms with van der Waals surface area (Å²) in [4.78, 5) is 27.5. The van der Waals surface area contributed by atoms with E-state index in [1.54, 1.807) is 42.5 Å². The average Bonchev–Trinajstić information content (AvgIpc) is 3.10. The summed E-state index contributed by atoms with van der Waals surface area (Å²) in [7, 11) is 0. The number of carbonyl (C=O) groups excluding carboxylic acids is 2. The Balaban J connectivity index is 1.48. The van der Waals surface area contributed by atoms with Gasteiger partial charge in [0.15, 0.2) is 22.4 Å². The van der Waals surface area contributed by atoms with Crippen LogP contribution in [0.2, 0.25) is 10.0 Å². The van der Waals surface area contributed by atoms with Gasteiger partial charge in [-0.05, 0) is 73.5 Å². The molecule has 0 saturated carbocycles. The molecule has 6 nitrogen and oxygen atoms in total. The zero-order valence-corrected chi connectivity index (χ0v) is 23.1. The molecule has 0 aliphatic carbocycles. The highest BCUT2D eigenvalue weighted by atomic mass is 35.5. The largest absolute Gasteiger partial charge is 0.490 e. The first-order valence-corrected chi connectivity index (χ1v) is 13.2. The van der Waals surface area contributed by atoms with Crippen LogP contribution >= 0.6 is 47.2 Å². The van der Waals surface area contributed by atoms with Crippen molar-refractivity contribution in [3.05, 3.63) is 86.7 Å². The minimum atomic E-state index is -0.385. The van der Waals surface area contributed by atoms with Crippen LogP contribution in [0.1, 0.15) is 18.1 Å². The molecule has 3 aromatic carbocycles. The fourth-order valence-corrected chi connectivity index (χ4v) is 5.40. The molecule has 1 aliphatic rings. The lowest BCUT2D eigenvalue weighted by atomic mass is 10.1. The van der Waals surface area contributed by atoms with Crippen molar-refractivity contribution in [2.75, 3.05) is 23.4 Å². The van der Waals surface area contributed by atoms with Crippen LogP contribution in [-0.2, 0) is 9.59 Å². The summed E-state index contributed by atoms with van der Waals surface area (Å²) in [6.07, 6.45) is 1.76. The van der Waals surface area contributed by atoms with Crippen molar-refractivity contribution in [1.29, 1.82) is 0 Å². The molecule has 0 radical (unpaired) electrons. The van der Waals surface area contributed by atoms with Crippen LogP contribution in [0.15, 0.2) is 65.6 Å². The van der Waals surface area contributed by atoms with E-state index in [9.17, 15) is 9.59 Å². The zero-order chi connectivity index (χ0) is 26.5. The molecule has 0 aromatic heterocycles. The third-order valence-corrected chi connectivity index (χ3v) is 6.86. The first kappa shape index (κ1) is 27.0. The highest BCUT2D eigenvalue weighted by Gasteiger charge is 2.33. The van der Waals surface area contributed by atoms with Gasteiger partial charge in [-0.25, -0.2) is 0 Å². The van der Waals surface area contributed by atoms with Crippen LogP contribution < -0.4 is 19.7 Å². The van der Waals surface area contributed by atoms with E-state index in [2.05, 4.69) is 5.32 Å².